The lowest BCUT2D eigenvalue weighted by Gasteiger charge is -2.09. The van der Waals surface area contributed by atoms with Crippen molar-refractivity contribution in [3.8, 4) is 0 Å². The molecule has 196 valence electrons. The fourth-order valence-electron chi connectivity index (χ4n) is 4.80. The van der Waals surface area contributed by atoms with Crippen LogP contribution in [0.2, 0.25) is 0 Å². The summed E-state index contributed by atoms with van der Waals surface area (Å²) in [5, 5.41) is 0. The predicted octanol–water partition coefficient (Wildman–Crippen LogP) is 10.7. The molecule has 0 spiro atoms. The SMILES string of the molecule is CCCCCCCCCCCCCCCCCc1ccc(C=CC(=S)c2ccccc2)cc1C(C)=O. The first kappa shape index (κ1) is 30.2. The summed E-state index contributed by atoms with van der Waals surface area (Å²) in [5.41, 5.74) is 4.10. The highest BCUT2D eigenvalue weighted by atomic mass is 32.1. The van der Waals surface area contributed by atoms with E-state index in [1.165, 1.54) is 95.5 Å². The van der Waals surface area contributed by atoms with Gasteiger partial charge in [0.1, 0.15) is 0 Å². The van der Waals surface area contributed by atoms with E-state index in [-0.39, 0.29) is 5.78 Å². The van der Waals surface area contributed by atoms with Crippen LogP contribution < -0.4 is 0 Å². The molecule has 0 bridgehead atoms. The van der Waals surface area contributed by atoms with Gasteiger partial charge in [-0.2, -0.15) is 0 Å². The number of carbonyl (C=O) groups is 1. The minimum atomic E-state index is 0.145. The van der Waals surface area contributed by atoms with Gasteiger partial charge in [0.2, 0.25) is 0 Å². The lowest BCUT2D eigenvalue weighted by molar-refractivity contribution is 0.101. The molecule has 2 heteroatoms. The third-order valence-electron chi connectivity index (χ3n) is 7.05. The van der Waals surface area contributed by atoms with Gasteiger partial charge in [0.25, 0.3) is 0 Å². The molecule has 0 aliphatic carbocycles. The Balaban J connectivity index is 1.61. The molecule has 2 aromatic rings. The standard InChI is InChI=1S/C34H48OS/c1-3-4-5-6-7-8-9-10-11-12-13-14-15-16-18-21-31-26-24-30(28-33(31)29(2)35)25-27-34(36)32-22-19-17-20-23-32/h17,19-20,22-28H,3-16,18,21H2,1-2H3. The molecule has 0 N–H and O–H groups in total. The van der Waals surface area contributed by atoms with Crippen LogP contribution in [0.15, 0.2) is 54.6 Å². The number of aryl methyl sites for hydroxylation is 1. The van der Waals surface area contributed by atoms with Crippen LogP contribution in [0.3, 0.4) is 0 Å². The molecule has 2 rings (SSSR count). The number of hydrogen-bond acceptors (Lipinski definition) is 2. The van der Waals surface area contributed by atoms with Gasteiger partial charge in [-0.05, 0) is 48.6 Å². The van der Waals surface area contributed by atoms with Gasteiger partial charge in [-0.3, -0.25) is 4.79 Å². The van der Waals surface area contributed by atoms with Gasteiger partial charge in [-0.25, -0.2) is 0 Å². The molecular weight excluding hydrogens is 456 g/mol. The largest absolute Gasteiger partial charge is 0.295 e. The van der Waals surface area contributed by atoms with Crippen LogP contribution in [0.4, 0.5) is 0 Å². The monoisotopic (exact) mass is 504 g/mol. The smallest absolute Gasteiger partial charge is 0.160 e. The highest BCUT2D eigenvalue weighted by molar-refractivity contribution is 7.81. The number of allylic oxidation sites excluding steroid dienone is 1. The average Bonchev–Trinajstić information content (AvgIpc) is 2.90. The molecule has 0 amide bonds. The van der Waals surface area contributed by atoms with Crippen LogP contribution >= 0.6 is 12.2 Å². The van der Waals surface area contributed by atoms with Crippen LogP contribution in [-0.4, -0.2) is 10.6 Å². The summed E-state index contributed by atoms with van der Waals surface area (Å²) >= 11 is 5.52. The third kappa shape index (κ3) is 12.8. The minimum Gasteiger partial charge on any atom is -0.295 e. The van der Waals surface area contributed by atoms with Crippen LogP contribution in [0, 0.1) is 0 Å². The summed E-state index contributed by atoms with van der Waals surface area (Å²) in [4.78, 5) is 13.1. The van der Waals surface area contributed by atoms with Crippen LogP contribution in [0.1, 0.15) is 137 Å². The van der Waals surface area contributed by atoms with Crippen LogP contribution in [-0.2, 0) is 6.42 Å². The van der Waals surface area contributed by atoms with E-state index in [1.807, 2.05) is 48.6 Å². The summed E-state index contributed by atoms with van der Waals surface area (Å²) in [7, 11) is 0. The Labute approximate surface area is 226 Å². The van der Waals surface area contributed by atoms with Crippen LogP contribution in [0.5, 0.6) is 0 Å². The molecule has 0 aliphatic heterocycles. The zero-order valence-corrected chi connectivity index (χ0v) is 23.7. The first-order valence-electron chi connectivity index (χ1n) is 14.5. The number of ketones is 1. The van der Waals surface area contributed by atoms with Crippen molar-refractivity contribution in [1.29, 1.82) is 0 Å². The van der Waals surface area contributed by atoms with E-state index in [9.17, 15) is 4.79 Å². The predicted molar refractivity (Wildman–Crippen MR) is 162 cm³/mol. The molecule has 0 saturated carbocycles. The number of benzene rings is 2. The van der Waals surface area contributed by atoms with Gasteiger partial charge < -0.3 is 0 Å². The fourth-order valence-corrected chi connectivity index (χ4v) is 5.00. The lowest BCUT2D eigenvalue weighted by atomic mass is 9.96. The number of unbranched alkanes of at least 4 members (excludes halogenated alkanes) is 14. The molecular formula is C34H48OS. The highest BCUT2D eigenvalue weighted by Gasteiger charge is 2.08. The third-order valence-corrected chi connectivity index (χ3v) is 7.42. The maximum atomic E-state index is 12.3. The van der Waals surface area contributed by atoms with Gasteiger partial charge in [0, 0.05) is 10.4 Å². The molecule has 0 unspecified atom stereocenters. The van der Waals surface area contributed by atoms with Crippen molar-refractivity contribution in [2.45, 2.75) is 117 Å². The van der Waals surface area contributed by atoms with E-state index < -0.39 is 0 Å². The minimum absolute atomic E-state index is 0.145. The molecule has 0 atom stereocenters. The Morgan fingerprint density at radius 3 is 1.78 bits per heavy atom. The van der Waals surface area contributed by atoms with Crippen molar-refractivity contribution in [2.24, 2.45) is 0 Å². The Morgan fingerprint density at radius 2 is 1.25 bits per heavy atom. The number of thiocarbonyl (C=S) groups is 1. The molecule has 2 aromatic carbocycles. The Kier molecular flexibility index (Phi) is 16.0. The maximum absolute atomic E-state index is 12.3. The summed E-state index contributed by atoms with van der Waals surface area (Å²) < 4.78 is 0. The summed E-state index contributed by atoms with van der Waals surface area (Å²) in [6.07, 6.45) is 25.6. The summed E-state index contributed by atoms with van der Waals surface area (Å²) in [5.74, 6) is 0.145. The molecule has 0 heterocycles. The first-order chi connectivity index (χ1) is 17.6. The summed E-state index contributed by atoms with van der Waals surface area (Å²) in [6.45, 7) is 3.96. The van der Waals surface area contributed by atoms with Crippen molar-refractivity contribution in [1.82, 2.24) is 0 Å². The van der Waals surface area contributed by atoms with E-state index in [4.69, 9.17) is 12.2 Å². The van der Waals surface area contributed by atoms with Gasteiger partial charge in [0.05, 0.1) is 0 Å². The number of carbonyl (C=O) groups excluding carboxylic acids is 1. The summed E-state index contributed by atoms with van der Waals surface area (Å²) in [6, 6.07) is 16.3. The average molecular weight is 505 g/mol. The highest BCUT2D eigenvalue weighted by Crippen LogP contribution is 2.19. The first-order valence-corrected chi connectivity index (χ1v) is 14.9. The fraction of sp³-hybridized carbons (Fsp3) is 0.529. The van der Waals surface area contributed by atoms with E-state index >= 15 is 0 Å². The van der Waals surface area contributed by atoms with E-state index in [2.05, 4.69) is 19.1 Å². The zero-order valence-electron chi connectivity index (χ0n) is 22.9. The molecule has 0 saturated heterocycles. The second-order valence-electron chi connectivity index (χ2n) is 10.2. The van der Waals surface area contributed by atoms with Crippen molar-refractivity contribution in [3.05, 3.63) is 76.9 Å². The normalized spacial score (nSPS) is 11.3. The second kappa shape index (κ2) is 19.1. The van der Waals surface area contributed by atoms with Gasteiger partial charge in [-0.15, -0.1) is 0 Å². The van der Waals surface area contributed by atoms with Crippen molar-refractivity contribution >= 4 is 28.9 Å². The molecule has 0 fully saturated rings. The second-order valence-corrected chi connectivity index (χ2v) is 10.7. The van der Waals surface area contributed by atoms with Crippen LogP contribution in [0.25, 0.3) is 6.08 Å². The van der Waals surface area contributed by atoms with E-state index in [0.717, 1.165) is 34.4 Å². The maximum Gasteiger partial charge on any atom is 0.160 e. The molecule has 1 nitrogen and oxygen atoms in total. The van der Waals surface area contributed by atoms with Crippen molar-refractivity contribution in [3.63, 3.8) is 0 Å². The number of Topliss-reactive ketones (excluding diaryl/α,β-unsaturated/α-hetero) is 1. The van der Waals surface area contributed by atoms with Gasteiger partial charge >= 0.3 is 0 Å². The molecule has 0 aliphatic rings. The van der Waals surface area contributed by atoms with E-state index in [0.29, 0.717) is 0 Å². The Bertz CT molecular complexity index is 912. The van der Waals surface area contributed by atoms with Crippen molar-refractivity contribution < 1.29 is 4.79 Å². The van der Waals surface area contributed by atoms with E-state index in [1.54, 1.807) is 6.92 Å². The molecule has 0 radical (unpaired) electrons. The quantitative estimate of drug-likeness (QED) is 0.0772. The lowest BCUT2D eigenvalue weighted by Crippen LogP contribution is -2.01. The Hall–Kier alpha value is -2.06. The van der Waals surface area contributed by atoms with Gasteiger partial charge in [-0.1, -0.05) is 158 Å². The molecule has 0 aromatic heterocycles. The number of hydrogen-bond donors (Lipinski definition) is 0. The molecule has 36 heavy (non-hydrogen) atoms. The van der Waals surface area contributed by atoms with Gasteiger partial charge in [0.15, 0.2) is 5.78 Å². The zero-order chi connectivity index (χ0) is 25.8. The number of rotatable bonds is 20. The Morgan fingerprint density at radius 1 is 0.722 bits per heavy atom. The topological polar surface area (TPSA) is 17.1 Å². The van der Waals surface area contributed by atoms with Crippen molar-refractivity contribution in [2.75, 3.05) is 0 Å².